The largest absolute Gasteiger partial charge is 0.477 e. The molecule has 27 heavy (non-hydrogen) atoms. The zero-order valence-corrected chi connectivity index (χ0v) is 17.0. The molecule has 0 fully saturated rings. The van der Waals surface area contributed by atoms with Crippen LogP contribution in [-0.2, 0) is 6.42 Å². The summed E-state index contributed by atoms with van der Waals surface area (Å²) in [5.41, 5.74) is 3.10. The second-order valence-corrected chi connectivity index (χ2v) is 7.47. The molecule has 0 amide bonds. The third-order valence-corrected chi connectivity index (χ3v) is 4.88. The third kappa shape index (κ3) is 5.48. The number of benzene rings is 2. The van der Waals surface area contributed by atoms with Gasteiger partial charge in [-0.05, 0) is 44.3 Å². The molecule has 6 heteroatoms. The molecular weight excluding hydrogens is 381 g/mol. The molecule has 0 unspecified atom stereocenters. The van der Waals surface area contributed by atoms with Crippen LogP contribution in [0.15, 0.2) is 54.6 Å². The molecule has 142 valence electrons. The summed E-state index contributed by atoms with van der Waals surface area (Å²) in [6.07, 6.45) is 1.69. The van der Waals surface area contributed by atoms with Crippen molar-refractivity contribution in [2.75, 3.05) is 27.2 Å². The Hall–Kier alpha value is -2.01. The van der Waals surface area contributed by atoms with Gasteiger partial charge in [0.05, 0.1) is 28.0 Å². The van der Waals surface area contributed by atoms with Crippen molar-refractivity contribution in [3.8, 4) is 11.6 Å². The Bertz CT molecular complexity index is 878. The molecule has 0 bridgehead atoms. The lowest BCUT2D eigenvalue weighted by Gasteiger charge is -2.09. The van der Waals surface area contributed by atoms with Crippen LogP contribution in [0.25, 0.3) is 5.69 Å². The van der Waals surface area contributed by atoms with Crippen LogP contribution in [0.5, 0.6) is 5.88 Å². The van der Waals surface area contributed by atoms with Crippen molar-refractivity contribution in [3.05, 3.63) is 75.9 Å². The van der Waals surface area contributed by atoms with E-state index in [0.717, 1.165) is 30.8 Å². The Labute approximate surface area is 170 Å². The molecule has 3 rings (SSSR count). The summed E-state index contributed by atoms with van der Waals surface area (Å²) in [6, 6.07) is 17.8. The standard InChI is InChI=1S/C21H23Cl2N3O/c1-25(2)11-6-12-27-21-15-18(13-16-7-4-3-5-8-16)26(24-21)17-9-10-19(22)20(23)14-17/h3-5,7-10,14-15H,6,11-13H2,1-2H3. The molecule has 0 spiro atoms. The van der Waals surface area contributed by atoms with Crippen molar-refractivity contribution >= 4 is 23.2 Å². The first-order valence-electron chi connectivity index (χ1n) is 8.89. The van der Waals surface area contributed by atoms with Gasteiger partial charge in [-0.3, -0.25) is 0 Å². The number of halogens is 2. The van der Waals surface area contributed by atoms with E-state index in [1.54, 1.807) is 6.07 Å². The zero-order chi connectivity index (χ0) is 19.2. The fraction of sp³-hybridized carbons (Fsp3) is 0.286. The van der Waals surface area contributed by atoms with Crippen LogP contribution in [-0.4, -0.2) is 41.9 Å². The number of nitrogens with zero attached hydrogens (tertiary/aromatic N) is 3. The average molecular weight is 404 g/mol. The molecule has 1 aromatic heterocycles. The van der Waals surface area contributed by atoms with E-state index in [0.29, 0.717) is 22.5 Å². The minimum absolute atomic E-state index is 0.503. The first kappa shape index (κ1) is 19.7. The van der Waals surface area contributed by atoms with E-state index < -0.39 is 0 Å². The van der Waals surface area contributed by atoms with Crippen molar-refractivity contribution in [3.63, 3.8) is 0 Å². The van der Waals surface area contributed by atoms with E-state index in [1.165, 1.54) is 5.56 Å². The number of rotatable bonds is 8. The molecule has 0 aliphatic carbocycles. The van der Waals surface area contributed by atoms with Crippen molar-refractivity contribution < 1.29 is 4.74 Å². The first-order valence-corrected chi connectivity index (χ1v) is 9.64. The van der Waals surface area contributed by atoms with Crippen LogP contribution in [0.2, 0.25) is 10.0 Å². The van der Waals surface area contributed by atoms with Gasteiger partial charge in [-0.2, -0.15) is 0 Å². The smallest absolute Gasteiger partial charge is 0.233 e. The number of hydrogen-bond donors (Lipinski definition) is 0. The molecule has 0 radical (unpaired) electrons. The highest BCUT2D eigenvalue weighted by atomic mass is 35.5. The topological polar surface area (TPSA) is 30.3 Å². The Morgan fingerprint density at radius 1 is 1.00 bits per heavy atom. The van der Waals surface area contributed by atoms with Crippen LogP contribution in [0.4, 0.5) is 0 Å². The predicted molar refractivity (Wildman–Crippen MR) is 111 cm³/mol. The van der Waals surface area contributed by atoms with Crippen molar-refractivity contribution in [1.29, 1.82) is 0 Å². The Morgan fingerprint density at radius 3 is 2.48 bits per heavy atom. The lowest BCUT2D eigenvalue weighted by molar-refractivity contribution is 0.272. The molecule has 2 aromatic carbocycles. The molecule has 0 aliphatic heterocycles. The molecule has 0 atom stereocenters. The normalized spacial score (nSPS) is 11.1. The quantitative estimate of drug-likeness (QED) is 0.490. The van der Waals surface area contributed by atoms with Gasteiger partial charge in [0.2, 0.25) is 5.88 Å². The van der Waals surface area contributed by atoms with Crippen molar-refractivity contribution in [1.82, 2.24) is 14.7 Å². The van der Waals surface area contributed by atoms with Gasteiger partial charge >= 0.3 is 0 Å². The van der Waals surface area contributed by atoms with Crippen LogP contribution in [0.1, 0.15) is 17.7 Å². The average Bonchev–Trinajstić information content (AvgIpc) is 3.04. The minimum Gasteiger partial charge on any atom is -0.477 e. The number of hydrogen-bond acceptors (Lipinski definition) is 3. The summed E-state index contributed by atoms with van der Waals surface area (Å²) in [5, 5.41) is 5.67. The predicted octanol–water partition coefficient (Wildman–Crippen LogP) is 5.10. The highest BCUT2D eigenvalue weighted by molar-refractivity contribution is 6.42. The first-order chi connectivity index (χ1) is 13.0. The van der Waals surface area contributed by atoms with E-state index in [1.807, 2.05) is 41.1 Å². The highest BCUT2D eigenvalue weighted by Gasteiger charge is 2.13. The second kappa shape index (κ2) is 9.27. The lowest BCUT2D eigenvalue weighted by atomic mass is 10.1. The van der Waals surface area contributed by atoms with Gasteiger partial charge in [-0.1, -0.05) is 53.5 Å². The van der Waals surface area contributed by atoms with Crippen molar-refractivity contribution in [2.45, 2.75) is 12.8 Å². The Balaban J connectivity index is 1.85. The maximum Gasteiger partial charge on any atom is 0.233 e. The van der Waals surface area contributed by atoms with E-state index >= 15 is 0 Å². The molecule has 1 heterocycles. The van der Waals surface area contributed by atoms with Crippen LogP contribution < -0.4 is 4.74 Å². The summed E-state index contributed by atoms with van der Waals surface area (Å²) in [5.74, 6) is 0.616. The molecule has 3 aromatic rings. The van der Waals surface area contributed by atoms with Gasteiger partial charge < -0.3 is 9.64 Å². The van der Waals surface area contributed by atoms with Crippen LogP contribution in [0, 0.1) is 0 Å². The fourth-order valence-corrected chi connectivity index (χ4v) is 3.09. The molecule has 0 aliphatic rings. The lowest BCUT2D eigenvalue weighted by Crippen LogP contribution is -2.15. The maximum absolute atomic E-state index is 6.21. The number of ether oxygens (including phenoxy) is 1. The molecule has 4 nitrogen and oxygen atoms in total. The zero-order valence-electron chi connectivity index (χ0n) is 15.5. The molecular formula is C21H23Cl2N3O. The summed E-state index contributed by atoms with van der Waals surface area (Å²) in [6.45, 7) is 1.60. The van der Waals surface area contributed by atoms with Crippen molar-refractivity contribution in [2.24, 2.45) is 0 Å². The maximum atomic E-state index is 6.21. The van der Waals surface area contributed by atoms with E-state index in [9.17, 15) is 0 Å². The van der Waals surface area contributed by atoms with E-state index in [-0.39, 0.29) is 0 Å². The third-order valence-electron chi connectivity index (χ3n) is 4.14. The Kier molecular flexibility index (Phi) is 6.78. The fourth-order valence-electron chi connectivity index (χ4n) is 2.79. The van der Waals surface area contributed by atoms with Gasteiger partial charge in [-0.25, -0.2) is 4.68 Å². The molecule has 0 N–H and O–H groups in total. The minimum atomic E-state index is 0.503. The molecule has 0 saturated carbocycles. The number of aromatic nitrogens is 2. The monoisotopic (exact) mass is 403 g/mol. The molecule has 0 saturated heterocycles. The van der Waals surface area contributed by atoms with E-state index in [4.69, 9.17) is 27.9 Å². The van der Waals surface area contributed by atoms with Gasteiger partial charge in [0, 0.05) is 19.0 Å². The van der Waals surface area contributed by atoms with Gasteiger partial charge in [-0.15, -0.1) is 5.10 Å². The van der Waals surface area contributed by atoms with E-state index in [2.05, 4.69) is 36.2 Å². The van der Waals surface area contributed by atoms with Crippen LogP contribution in [0.3, 0.4) is 0 Å². The van der Waals surface area contributed by atoms with Gasteiger partial charge in [0.1, 0.15) is 0 Å². The Morgan fingerprint density at radius 2 is 1.78 bits per heavy atom. The summed E-state index contributed by atoms with van der Waals surface area (Å²) in [7, 11) is 4.11. The summed E-state index contributed by atoms with van der Waals surface area (Å²) < 4.78 is 7.74. The van der Waals surface area contributed by atoms with Gasteiger partial charge in [0.15, 0.2) is 0 Å². The SMILES string of the molecule is CN(C)CCCOc1cc(Cc2ccccc2)n(-c2ccc(Cl)c(Cl)c2)n1. The summed E-state index contributed by atoms with van der Waals surface area (Å²) >= 11 is 12.3. The second-order valence-electron chi connectivity index (χ2n) is 6.65. The van der Waals surface area contributed by atoms with Gasteiger partial charge in [0.25, 0.3) is 0 Å². The highest BCUT2D eigenvalue weighted by Crippen LogP contribution is 2.27. The van der Waals surface area contributed by atoms with Crippen LogP contribution >= 0.6 is 23.2 Å². The summed E-state index contributed by atoms with van der Waals surface area (Å²) in [4.78, 5) is 2.14.